The van der Waals surface area contributed by atoms with Crippen LogP contribution in [0.3, 0.4) is 0 Å². The molecule has 1 aliphatic heterocycles. The second-order valence-corrected chi connectivity index (χ2v) is 12.5. The Morgan fingerprint density at radius 1 is 0.911 bits per heavy atom. The van der Waals surface area contributed by atoms with Crippen molar-refractivity contribution in [2.24, 2.45) is 23.7 Å². The fourth-order valence-corrected chi connectivity index (χ4v) is 8.62. The average Bonchev–Trinajstić information content (AvgIpc) is 3.31. The number of imide groups is 1. The number of methoxy groups -OCH3 is 1. The van der Waals surface area contributed by atoms with E-state index in [1.165, 1.54) is 18.1 Å². The van der Waals surface area contributed by atoms with Crippen LogP contribution in [0.2, 0.25) is 0 Å². The molecular weight excluding hydrogens is 566 g/mol. The standard InChI is InChI=1S/C38H35NO6/c1-3-18-39-36(43)26-16-15-25-28(33(26)37(39)44)20-30-35(42)27(22-10-6-4-7-11-22)21-32(41)38(30,23-12-8-5-9-13-23)34(25)29-19-24(45-2)14-17-31(29)40/h4-15,17,19,21,26,28,30,33-34,40H,3,16,18,20H2,1-2H3/t26-,28+,30-,33-,34+,38-/m0/s1. The minimum atomic E-state index is -1.40. The Kier molecular flexibility index (Phi) is 7.07. The summed E-state index contributed by atoms with van der Waals surface area (Å²) in [5.74, 6) is -3.58. The maximum atomic E-state index is 15.0. The molecule has 45 heavy (non-hydrogen) atoms. The number of allylic oxidation sites excluding steroid dienone is 4. The number of rotatable bonds is 6. The third-order valence-corrected chi connectivity index (χ3v) is 10.5. The molecule has 0 spiro atoms. The summed E-state index contributed by atoms with van der Waals surface area (Å²) in [5, 5.41) is 11.5. The van der Waals surface area contributed by atoms with E-state index in [0.29, 0.717) is 47.4 Å². The normalized spacial score (nSPS) is 29.0. The van der Waals surface area contributed by atoms with Gasteiger partial charge in [0.05, 0.1) is 24.4 Å². The topological polar surface area (TPSA) is 101 Å². The summed E-state index contributed by atoms with van der Waals surface area (Å²) in [6.45, 7) is 2.29. The number of fused-ring (bicyclic) bond motifs is 4. The molecule has 0 bridgehead atoms. The van der Waals surface area contributed by atoms with Gasteiger partial charge in [0.25, 0.3) is 0 Å². The van der Waals surface area contributed by atoms with Crippen LogP contribution in [0.15, 0.2) is 96.6 Å². The Bertz CT molecular complexity index is 1780. The molecule has 1 heterocycles. The van der Waals surface area contributed by atoms with Crippen molar-refractivity contribution in [2.45, 2.75) is 37.5 Å². The molecule has 1 saturated carbocycles. The average molecular weight is 602 g/mol. The van der Waals surface area contributed by atoms with Crippen LogP contribution < -0.4 is 4.74 Å². The van der Waals surface area contributed by atoms with Crippen molar-refractivity contribution in [3.63, 3.8) is 0 Å². The minimum absolute atomic E-state index is 0.0296. The molecule has 0 aromatic heterocycles. The van der Waals surface area contributed by atoms with Crippen LogP contribution in [0.5, 0.6) is 11.5 Å². The zero-order chi connectivity index (χ0) is 31.5. The first-order valence-electron chi connectivity index (χ1n) is 15.7. The van der Waals surface area contributed by atoms with E-state index in [0.717, 1.165) is 5.57 Å². The predicted molar refractivity (Wildman–Crippen MR) is 168 cm³/mol. The van der Waals surface area contributed by atoms with Crippen LogP contribution in [0.1, 0.15) is 48.8 Å². The molecule has 6 atom stereocenters. The van der Waals surface area contributed by atoms with Gasteiger partial charge in [-0.1, -0.05) is 79.2 Å². The number of hydrogen-bond donors (Lipinski definition) is 1. The lowest BCUT2D eigenvalue weighted by Gasteiger charge is -2.55. The highest BCUT2D eigenvalue weighted by Crippen LogP contribution is 2.64. The lowest BCUT2D eigenvalue weighted by Crippen LogP contribution is -2.58. The quantitative estimate of drug-likeness (QED) is 0.290. The van der Waals surface area contributed by atoms with E-state index in [-0.39, 0.29) is 35.6 Å². The minimum Gasteiger partial charge on any atom is -0.508 e. The Morgan fingerprint density at radius 2 is 1.62 bits per heavy atom. The highest BCUT2D eigenvalue weighted by molar-refractivity contribution is 6.31. The molecule has 7 heteroatoms. The summed E-state index contributed by atoms with van der Waals surface area (Å²) in [6.07, 6.45) is 4.72. The van der Waals surface area contributed by atoms with Crippen molar-refractivity contribution in [1.82, 2.24) is 4.90 Å². The van der Waals surface area contributed by atoms with Crippen molar-refractivity contribution < 1.29 is 29.0 Å². The first kappa shape index (κ1) is 29.0. The van der Waals surface area contributed by atoms with Crippen LogP contribution in [0, 0.1) is 23.7 Å². The van der Waals surface area contributed by atoms with Gasteiger partial charge in [0.15, 0.2) is 11.6 Å². The zero-order valence-corrected chi connectivity index (χ0v) is 25.3. The van der Waals surface area contributed by atoms with Gasteiger partial charge in [-0.15, -0.1) is 0 Å². The maximum Gasteiger partial charge on any atom is 0.233 e. The van der Waals surface area contributed by atoms with E-state index in [2.05, 4.69) is 0 Å². The van der Waals surface area contributed by atoms with Gasteiger partial charge in [0, 0.05) is 29.5 Å². The van der Waals surface area contributed by atoms with Crippen molar-refractivity contribution in [1.29, 1.82) is 0 Å². The molecule has 228 valence electrons. The molecular formula is C38H35NO6. The van der Waals surface area contributed by atoms with Gasteiger partial charge in [0.2, 0.25) is 11.8 Å². The molecule has 3 aromatic rings. The highest BCUT2D eigenvalue weighted by atomic mass is 16.5. The van der Waals surface area contributed by atoms with E-state index in [1.807, 2.05) is 73.7 Å². The second-order valence-electron chi connectivity index (χ2n) is 12.5. The molecule has 3 aliphatic carbocycles. The summed E-state index contributed by atoms with van der Waals surface area (Å²) in [4.78, 5) is 58.7. The Balaban J connectivity index is 1.52. The van der Waals surface area contributed by atoms with Crippen LogP contribution in [-0.4, -0.2) is 47.0 Å². The van der Waals surface area contributed by atoms with Gasteiger partial charge in [-0.05, 0) is 60.6 Å². The fourth-order valence-electron chi connectivity index (χ4n) is 8.62. The Hall–Kier alpha value is -4.78. The Labute approximate surface area is 262 Å². The van der Waals surface area contributed by atoms with Gasteiger partial charge in [-0.25, -0.2) is 0 Å². The van der Waals surface area contributed by atoms with Crippen molar-refractivity contribution >= 4 is 29.0 Å². The van der Waals surface area contributed by atoms with Crippen LogP contribution >= 0.6 is 0 Å². The molecule has 0 radical (unpaired) electrons. The van der Waals surface area contributed by atoms with Crippen molar-refractivity contribution in [3.8, 4) is 11.5 Å². The van der Waals surface area contributed by atoms with Gasteiger partial charge >= 0.3 is 0 Å². The number of carbonyl (C=O) groups excluding carboxylic acids is 4. The van der Waals surface area contributed by atoms with Crippen molar-refractivity contribution in [3.05, 3.63) is 113 Å². The summed E-state index contributed by atoms with van der Waals surface area (Å²) in [5.41, 5.74) is 1.54. The largest absolute Gasteiger partial charge is 0.508 e. The monoisotopic (exact) mass is 601 g/mol. The van der Waals surface area contributed by atoms with Gasteiger partial charge in [-0.2, -0.15) is 0 Å². The van der Waals surface area contributed by atoms with Gasteiger partial charge in [-0.3, -0.25) is 24.1 Å². The Morgan fingerprint density at radius 3 is 2.31 bits per heavy atom. The molecule has 1 N–H and O–H groups in total. The van der Waals surface area contributed by atoms with E-state index in [9.17, 15) is 24.3 Å². The summed E-state index contributed by atoms with van der Waals surface area (Å²) in [6, 6.07) is 23.5. The molecule has 7 nitrogen and oxygen atoms in total. The van der Waals surface area contributed by atoms with Crippen molar-refractivity contribution in [2.75, 3.05) is 13.7 Å². The summed E-state index contributed by atoms with van der Waals surface area (Å²) >= 11 is 0. The fraction of sp³-hybridized carbons (Fsp3) is 0.316. The molecule has 2 fully saturated rings. The summed E-state index contributed by atoms with van der Waals surface area (Å²) in [7, 11) is 1.54. The van der Waals surface area contributed by atoms with Crippen LogP contribution in [0.4, 0.5) is 0 Å². The number of phenolic OH excluding ortho intramolecular Hbond substituents is 1. The molecule has 3 aromatic carbocycles. The number of nitrogens with zero attached hydrogens (tertiary/aromatic N) is 1. The number of amides is 2. The van der Waals surface area contributed by atoms with E-state index >= 15 is 0 Å². The van der Waals surface area contributed by atoms with E-state index in [1.54, 1.807) is 18.2 Å². The van der Waals surface area contributed by atoms with Crippen LogP contribution in [0.25, 0.3) is 5.57 Å². The molecule has 0 unspecified atom stereocenters. The predicted octanol–water partition coefficient (Wildman–Crippen LogP) is 5.64. The number of Topliss-reactive ketones (excluding diaryl/α,β-unsaturated/α-hetero) is 1. The number of aromatic hydroxyl groups is 1. The smallest absolute Gasteiger partial charge is 0.233 e. The van der Waals surface area contributed by atoms with Crippen LogP contribution in [-0.2, 0) is 24.6 Å². The van der Waals surface area contributed by atoms with E-state index < -0.39 is 35.0 Å². The lowest BCUT2D eigenvalue weighted by atomic mass is 9.44. The number of ketones is 2. The van der Waals surface area contributed by atoms with E-state index in [4.69, 9.17) is 4.74 Å². The zero-order valence-electron chi connectivity index (χ0n) is 25.3. The number of likely N-dealkylation sites (tertiary alicyclic amines) is 1. The third-order valence-electron chi connectivity index (χ3n) is 10.5. The second kappa shape index (κ2) is 11.0. The third kappa shape index (κ3) is 4.16. The molecule has 4 aliphatic rings. The molecule has 1 saturated heterocycles. The van der Waals surface area contributed by atoms with Gasteiger partial charge < -0.3 is 9.84 Å². The number of ether oxygens (including phenoxy) is 1. The molecule has 7 rings (SSSR count). The maximum absolute atomic E-state index is 15.0. The summed E-state index contributed by atoms with van der Waals surface area (Å²) < 4.78 is 5.58. The van der Waals surface area contributed by atoms with Gasteiger partial charge in [0.1, 0.15) is 11.5 Å². The number of carbonyl (C=O) groups is 4. The molecule has 2 amide bonds. The lowest BCUT2D eigenvalue weighted by molar-refractivity contribution is -0.140. The number of benzene rings is 3. The SMILES string of the molecule is CCCN1C(=O)[C@H]2[C@H](CC=C3[C@H]2C[C@H]2C(=O)C(c4ccccc4)=CC(=O)[C@@]2(c2ccccc2)[C@H]3c2cc(OC)ccc2O)C1=O. The first-order valence-corrected chi connectivity index (χ1v) is 15.7. The first-order chi connectivity index (χ1) is 21.8. The number of hydrogen-bond acceptors (Lipinski definition) is 6. The highest BCUT2D eigenvalue weighted by Gasteiger charge is 2.66. The number of phenols is 1.